The van der Waals surface area contributed by atoms with E-state index in [0.29, 0.717) is 11.5 Å². The molecule has 2 rings (SSSR count). The van der Waals surface area contributed by atoms with Crippen LogP contribution < -0.4 is 0 Å². The summed E-state index contributed by atoms with van der Waals surface area (Å²) >= 11 is 0. The van der Waals surface area contributed by atoms with E-state index in [0.717, 1.165) is 11.4 Å². The molecule has 0 bridgehead atoms. The molecule has 0 atom stereocenters. The third kappa shape index (κ3) is 1.94. The molecule has 3 nitrogen and oxygen atoms in total. The summed E-state index contributed by atoms with van der Waals surface area (Å²) in [6.45, 7) is 6.23. The highest BCUT2D eigenvalue weighted by Gasteiger charge is 2.12. The lowest BCUT2D eigenvalue weighted by molar-refractivity contribution is 0.793. The molecule has 1 heterocycles. The van der Waals surface area contributed by atoms with Crippen LogP contribution in [0.4, 0.5) is 0 Å². The molecule has 17 heavy (non-hydrogen) atoms. The van der Waals surface area contributed by atoms with Gasteiger partial charge in [0.2, 0.25) is 0 Å². The fraction of sp³-hybridized carbons (Fsp3) is 0.286. The summed E-state index contributed by atoms with van der Waals surface area (Å²) < 4.78 is 1.84. The number of hydrogen-bond donors (Lipinski definition) is 0. The van der Waals surface area contributed by atoms with Gasteiger partial charge < -0.3 is 0 Å². The molecule has 0 fully saturated rings. The van der Waals surface area contributed by atoms with Crippen LogP contribution in [0.2, 0.25) is 0 Å². The molecule has 2 aromatic rings. The Bertz CT molecular complexity index is 573. The van der Waals surface area contributed by atoms with Crippen LogP contribution in [0.1, 0.15) is 36.6 Å². The summed E-state index contributed by atoms with van der Waals surface area (Å²) in [6.07, 6.45) is 1.62. The summed E-state index contributed by atoms with van der Waals surface area (Å²) in [5.74, 6) is 0.431. The lowest BCUT2D eigenvalue weighted by atomic mass is 10.0. The number of benzene rings is 1. The SMILES string of the molecule is Cc1c(C#N)cnn1-c1ccccc1C(C)C. The first-order valence-corrected chi connectivity index (χ1v) is 5.69. The van der Waals surface area contributed by atoms with Gasteiger partial charge in [-0.3, -0.25) is 0 Å². The fourth-order valence-corrected chi connectivity index (χ4v) is 1.93. The van der Waals surface area contributed by atoms with E-state index in [1.807, 2.05) is 29.8 Å². The first-order chi connectivity index (χ1) is 8.15. The minimum atomic E-state index is 0.431. The van der Waals surface area contributed by atoms with Gasteiger partial charge in [-0.1, -0.05) is 32.0 Å². The van der Waals surface area contributed by atoms with Crippen molar-refractivity contribution in [2.45, 2.75) is 26.7 Å². The van der Waals surface area contributed by atoms with Gasteiger partial charge in [0.05, 0.1) is 23.1 Å². The van der Waals surface area contributed by atoms with Crippen LogP contribution in [-0.2, 0) is 0 Å². The van der Waals surface area contributed by atoms with E-state index in [1.165, 1.54) is 5.56 Å². The van der Waals surface area contributed by atoms with Crippen LogP contribution >= 0.6 is 0 Å². The zero-order chi connectivity index (χ0) is 12.4. The van der Waals surface area contributed by atoms with Crippen LogP contribution in [0, 0.1) is 18.3 Å². The number of nitrogens with zero attached hydrogens (tertiary/aromatic N) is 3. The molecule has 0 amide bonds. The summed E-state index contributed by atoms with van der Waals surface area (Å²) in [7, 11) is 0. The molecule has 0 saturated carbocycles. The van der Waals surface area contributed by atoms with Crippen LogP contribution in [-0.4, -0.2) is 9.78 Å². The van der Waals surface area contributed by atoms with Crippen LogP contribution in [0.25, 0.3) is 5.69 Å². The second kappa shape index (κ2) is 4.42. The molecular weight excluding hydrogens is 210 g/mol. The van der Waals surface area contributed by atoms with Crippen LogP contribution in [0.3, 0.4) is 0 Å². The molecule has 0 unspecified atom stereocenters. The lowest BCUT2D eigenvalue weighted by Crippen LogP contribution is -2.04. The Hall–Kier alpha value is -2.08. The highest BCUT2D eigenvalue weighted by Crippen LogP contribution is 2.24. The largest absolute Gasteiger partial charge is 0.236 e. The predicted octanol–water partition coefficient (Wildman–Crippen LogP) is 3.18. The third-order valence-corrected chi connectivity index (χ3v) is 2.92. The van der Waals surface area contributed by atoms with Crippen LogP contribution in [0.5, 0.6) is 0 Å². The number of aromatic nitrogens is 2. The van der Waals surface area contributed by atoms with E-state index in [9.17, 15) is 0 Å². The summed E-state index contributed by atoms with van der Waals surface area (Å²) in [4.78, 5) is 0. The normalized spacial score (nSPS) is 10.5. The maximum atomic E-state index is 8.95. The molecule has 86 valence electrons. The molecule has 0 aliphatic rings. The standard InChI is InChI=1S/C14H15N3/c1-10(2)13-6-4-5-7-14(13)17-11(3)12(8-15)9-16-17/h4-7,9-10H,1-3H3. The quantitative estimate of drug-likeness (QED) is 0.787. The van der Waals surface area contributed by atoms with Crippen molar-refractivity contribution in [3.8, 4) is 11.8 Å². The lowest BCUT2D eigenvalue weighted by Gasteiger charge is -2.13. The molecule has 0 N–H and O–H groups in total. The van der Waals surface area contributed by atoms with Crippen molar-refractivity contribution in [1.82, 2.24) is 9.78 Å². The average molecular weight is 225 g/mol. The summed E-state index contributed by atoms with van der Waals surface area (Å²) in [5.41, 5.74) is 3.81. The van der Waals surface area contributed by atoms with E-state index in [2.05, 4.69) is 31.1 Å². The minimum absolute atomic E-state index is 0.431. The molecule has 0 aliphatic heterocycles. The maximum Gasteiger partial charge on any atom is 0.103 e. The van der Waals surface area contributed by atoms with Crippen molar-refractivity contribution in [2.24, 2.45) is 0 Å². The monoisotopic (exact) mass is 225 g/mol. The highest BCUT2D eigenvalue weighted by atomic mass is 15.3. The number of rotatable bonds is 2. The molecule has 1 aromatic carbocycles. The third-order valence-electron chi connectivity index (χ3n) is 2.92. The van der Waals surface area contributed by atoms with Crippen molar-refractivity contribution < 1.29 is 0 Å². The van der Waals surface area contributed by atoms with Crippen LogP contribution in [0.15, 0.2) is 30.5 Å². The second-order valence-corrected chi connectivity index (χ2v) is 4.38. The van der Waals surface area contributed by atoms with Crippen molar-refractivity contribution in [3.63, 3.8) is 0 Å². The first kappa shape index (κ1) is 11.4. The first-order valence-electron chi connectivity index (χ1n) is 5.69. The topological polar surface area (TPSA) is 41.6 Å². The van der Waals surface area contributed by atoms with Gasteiger partial charge in [-0.15, -0.1) is 0 Å². The minimum Gasteiger partial charge on any atom is -0.236 e. The van der Waals surface area contributed by atoms with Gasteiger partial charge in [-0.05, 0) is 24.5 Å². The van der Waals surface area contributed by atoms with Crippen molar-refractivity contribution >= 4 is 0 Å². The second-order valence-electron chi connectivity index (χ2n) is 4.38. The summed E-state index contributed by atoms with van der Waals surface area (Å²) in [6, 6.07) is 10.3. The zero-order valence-corrected chi connectivity index (χ0v) is 10.3. The van der Waals surface area contributed by atoms with Gasteiger partial charge in [0, 0.05) is 0 Å². The van der Waals surface area contributed by atoms with E-state index >= 15 is 0 Å². The summed E-state index contributed by atoms with van der Waals surface area (Å²) in [5, 5.41) is 13.2. The zero-order valence-electron chi connectivity index (χ0n) is 10.3. The molecule has 0 spiro atoms. The van der Waals surface area contributed by atoms with Gasteiger partial charge in [-0.25, -0.2) is 4.68 Å². The Morgan fingerprint density at radius 3 is 2.59 bits per heavy atom. The molecule has 3 heteroatoms. The molecule has 0 radical (unpaired) electrons. The number of hydrogen-bond acceptors (Lipinski definition) is 2. The predicted molar refractivity (Wildman–Crippen MR) is 67.1 cm³/mol. The molecule has 0 aliphatic carbocycles. The highest BCUT2D eigenvalue weighted by molar-refractivity contribution is 5.45. The fourth-order valence-electron chi connectivity index (χ4n) is 1.93. The van der Waals surface area contributed by atoms with Gasteiger partial charge in [0.1, 0.15) is 6.07 Å². The Balaban J connectivity index is 2.61. The van der Waals surface area contributed by atoms with Crippen molar-refractivity contribution in [3.05, 3.63) is 47.3 Å². The Kier molecular flexibility index (Phi) is 2.97. The van der Waals surface area contributed by atoms with E-state index < -0.39 is 0 Å². The van der Waals surface area contributed by atoms with Gasteiger partial charge in [0.15, 0.2) is 0 Å². The van der Waals surface area contributed by atoms with Gasteiger partial charge in [-0.2, -0.15) is 10.4 Å². The maximum absolute atomic E-state index is 8.95. The number of nitriles is 1. The molecular formula is C14H15N3. The van der Waals surface area contributed by atoms with E-state index in [4.69, 9.17) is 5.26 Å². The van der Waals surface area contributed by atoms with Crippen molar-refractivity contribution in [1.29, 1.82) is 5.26 Å². The smallest absolute Gasteiger partial charge is 0.103 e. The molecule has 1 aromatic heterocycles. The van der Waals surface area contributed by atoms with Crippen molar-refractivity contribution in [2.75, 3.05) is 0 Å². The molecule has 0 saturated heterocycles. The van der Waals surface area contributed by atoms with Gasteiger partial charge >= 0.3 is 0 Å². The Morgan fingerprint density at radius 1 is 1.29 bits per heavy atom. The Morgan fingerprint density at radius 2 is 2.00 bits per heavy atom. The van der Waals surface area contributed by atoms with E-state index in [1.54, 1.807) is 6.20 Å². The average Bonchev–Trinajstić information content (AvgIpc) is 2.70. The van der Waals surface area contributed by atoms with E-state index in [-0.39, 0.29) is 0 Å². The Labute approximate surface area is 101 Å². The van der Waals surface area contributed by atoms with Gasteiger partial charge in [0.25, 0.3) is 0 Å². The number of para-hydroxylation sites is 1.